The molecule has 5 nitrogen and oxygen atoms in total. The van der Waals surface area contributed by atoms with Crippen molar-refractivity contribution in [1.29, 1.82) is 5.26 Å². The molecular formula is C27H31F3N4O. The predicted molar refractivity (Wildman–Crippen MR) is 131 cm³/mol. The standard InChI is InChI=1S/C27H31F3N4O/c1-6-17(2)32-25(35)22-18(3)21(20-10-8-19(16-31)9-11-20)23(27(28,29)30)33-24(22)34-14-7-12-26(4,5)13-15-34/h6,8-11H,7,12-15H2,1-5H3,(H,32,35)/b17-6+. The fraction of sp³-hybridized carbons (Fsp3) is 0.444. The highest BCUT2D eigenvalue weighted by Gasteiger charge is 2.40. The van der Waals surface area contributed by atoms with E-state index in [-0.39, 0.29) is 33.5 Å². The third-order valence-electron chi connectivity index (χ3n) is 6.61. The molecule has 3 rings (SSSR count). The average molecular weight is 485 g/mol. The maximum absolute atomic E-state index is 14.4. The van der Waals surface area contributed by atoms with Crippen molar-refractivity contribution in [2.45, 2.75) is 60.1 Å². The number of carbonyl (C=O) groups is 1. The van der Waals surface area contributed by atoms with Crippen LogP contribution in [0.4, 0.5) is 19.0 Å². The van der Waals surface area contributed by atoms with Crippen molar-refractivity contribution >= 4 is 11.7 Å². The van der Waals surface area contributed by atoms with Crippen LogP contribution in [0.25, 0.3) is 11.1 Å². The minimum atomic E-state index is -4.73. The summed E-state index contributed by atoms with van der Waals surface area (Å²) in [6.45, 7) is 10.4. The summed E-state index contributed by atoms with van der Waals surface area (Å²) in [5, 5.41) is 11.9. The SMILES string of the molecule is C/C=C(\C)NC(=O)c1c(N2CCCC(C)(C)CC2)nc(C(F)(F)F)c(-c2ccc(C#N)cc2)c1C. The van der Waals surface area contributed by atoms with Crippen LogP contribution >= 0.6 is 0 Å². The van der Waals surface area contributed by atoms with Crippen LogP contribution in [-0.4, -0.2) is 24.0 Å². The molecular weight excluding hydrogens is 453 g/mol. The van der Waals surface area contributed by atoms with Gasteiger partial charge in [0, 0.05) is 24.4 Å². The summed E-state index contributed by atoms with van der Waals surface area (Å²) in [7, 11) is 0. The second kappa shape index (κ2) is 10.1. The van der Waals surface area contributed by atoms with Crippen molar-refractivity contribution in [1.82, 2.24) is 10.3 Å². The van der Waals surface area contributed by atoms with E-state index >= 15 is 0 Å². The molecule has 8 heteroatoms. The lowest BCUT2D eigenvalue weighted by atomic mass is 9.85. The van der Waals surface area contributed by atoms with Crippen molar-refractivity contribution in [3.8, 4) is 17.2 Å². The van der Waals surface area contributed by atoms with Gasteiger partial charge in [-0.3, -0.25) is 4.79 Å². The minimum absolute atomic E-state index is 0.0586. The van der Waals surface area contributed by atoms with Crippen molar-refractivity contribution in [2.75, 3.05) is 18.0 Å². The molecule has 186 valence electrons. The quantitative estimate of drug-likeness (QED) is 0.530. The summed E-state index contributed by atoms with van der Waals surface area (Å²) in [5.41, 5.74) is 0.400. The van der Waals surface area contributed by atoms with Gasteiger partial charge in [-0.15, -0.1) is 0 Å². The number of anilines is 1. The van der Waals surface area contributed by atoms with Gasteiger partial charge in [0.05, 0.1) is 17.2 Å². The van der Waals surface area contributed by atoms with Gasteiger partial charge >= 0.3 is 6.18 Å². The number of amides is 1. The molecule has 1 aliphatic rings. The van der Waals surface area contributed by atoms with Crippen molar-refractivity contribution in [3.63, 3.8) is 0 Å². The highest BCUT2D eigenvalue weighted by atomic mass is 19.4. The van der Waals surface area contributed by atoms with Gasteiger partial charge in [0.25, 0.3) is 5.91 Å². The normalized spacial score (nSPS) is 16.4. The highest BCUT2D eigenvalue weighted by molar-refractivity contribution is 6.03. The average Bonchev–Trinajstić information content (AvgIpc) is 2.98. The largest absolute Gasteiger partial charge is 0.434 e. The number of nitriles is 1. The summed E-state index contributed by atoms with van der Waals surface area (Å²) in [6, 6.07) is 7.82. The minimum Gasteiger partial charge on any atom is -0.356 e. The van der Waals surface area contributed by atoms with Crippen LogP contribution in [0.3, 0.4) is 0 Å². The van der Waals surface area contributed by atoms with E-state index < -0.39 is 17.8 Å². The van der Waals surface area contributed by atoms with Crippen LogP contribution in [-0.2, 0) is 6.18 Å². The smallest absolute Gasteiger partial charge is 0.356 e. The number of hydrogen-bond acceptors (Lipinski definition) is 4. The topological polar surface area (TPSA) is 69.0 Å². The zero-order valence-electron chi connectivity index (χ0n) is 20.8. The summed E-state index contributed by atoms with van der Waals surface area (Å²) in [6.07, 6.45) is -0.498. The Balaban J connectivity index is 2.30. The van der Waals surface area contributed by atoms with Gasteiger partial charge in [-0.1, -0.05) is 32.1 Å². The Morgan fingerprint density at radius 3 is 2.43 bits per heavy atom. The van der Waals surface area contributed by atoms with Crippen LogP contribution in [0, 0.1) is 23.7 Å². The maximum atomic E-state index is 14.4. The summed E-state index contributed by atoms with van der Waals surface area (Å²) < 4.78 is 43.1. The van der Waals surface area contributed by atoms with Crippen LogP contribution in [0.5, 0.6) is 0 Å². The molecule has 0 unspecified atom stereocenters. The molecule has 1 aliphatic heterocycles. The number of pyridine rings is 1. The lowest BCUT2D eigenvalue weighted by Gasteiger charge is -2.28. The molecule has 0 spiro atoms. The Kier molecular flexibility index (Phi) is 7.59. The molecule has 1 N–H and O–H groups in total. The number of allylic oxidation sites excluding steroid dienone is 2. The number of nitrogens with zero attached hydrogens (tertiary/aromatic N) is 3. The van der Waals surface area contributed by atoms with Crippen molar-refractivity contribution < 1.29 is 18.0 Å². The van der Waals surface area contributed by atoms with Crippen LogP contribution in [0.1, 0.15) is 74.1 Å². The van der Waals surface area contributed by atoms with Gasteiger partial charge < -0.3 is 10.2 Å². The summed E-state index contributed by atoms with van der Waals surface area (Å²) >= 11 is 0. The number of nitrogens with one attached hydrogen (secondary N) is 1. The number of benzene rings is 1. The Hall–Kier alpha value is -3.34. The van der Waals surface area contributed by atoms with Crippen LogP contribution < -0.4 is 10.2 Å². The molecule has 1 fully saturated rings. The number of hydrogen-bond donors (Lipinski definition) is 1. The molecule has 1 aromatic carbocycles. The Labute approximate surface area is 204 Å². The fourth-order valence-corrected chi connectivity index (χ4v) is 4.41. The van der Waals surface area contributed by atoms with E-state index in [2.05, 4.69) is 24.1 Å². The molecule has 35 heavy (non-hydrogen) atoms. The second-order valence-corrected chi connectivity index (χ2v) is 9.78. The molecule has 0 saturated carbocycles. The van der Waals surface area contributed by atoms with E-state index in [1.54, 1.807) is 19.9 Å². The maximum Gasteiger partial charge on any atom is 0.434 e. The monoisotopic (exact) mass is 484 g/mol. The van der Waals surface area contributed by atoms with Gasteiger partial charge in [0.2, 0.25) is 0 Å². The fourth-order valence-electron chi connectivity index (χ4n) is 4.41. The van der Waals surface area contributed by atoms with Crippen LogP contribution in [0.15, 0.2) is 36.0 Å². The van der Waals surface area contributed by atoms with E-state index in [1.165, 1.54) is 31.2 Å². The van der Waals surface area contributed by atoms with E-state index in [1.807, 2.05) is 11.0 Å². The second-order valence-electron chi connectivity index (χ2n) is 9.78. The van der Waals surface area contributed by atoms with Crippen molar-refractivity contribution in [3.05, 3.63) is 58.4 Å². The molecule has 0 radical (unpaired) electrons. The molecule has 2 heterocycles. The first-order valence-corrected chi connectivity index (χ1v) is 11.7. The van der Waals surface area contributed by atoms with Gasteiger partial charge in [-0.05, 0) is 68.7 Å². The molecule has 1 aromatic heterocycles. The predicted octanol–water partition coefficient (Wildman–Crippen LogP) is 6.62. The number of halogens is 3. The number of rotatable bonds is 4. The number of carbonyl (C=O) groups excluding carboxylic acids is 1. The first kappa shape index (κ1) is 26.3. The molecule has 0 atom stereocenters. The van der Waals surface area contributed by atoms with Gasteiger partial charge in [0.15, 0.2) is 5.69 Å². The summed E-state index contributed by atoms with van der Waals surface area (Å²) in [5.74, 6) is -0.431. The summed E-state index contributed by atoms with van der Waals surface area (Å²) in [4.78, 5) is 19.4. The Morgan fingerprint density at radius 1 is 1.20 bits per heavy atom. The van der Waals surface area contributed by atoms with Gasteiger partial charge in [0.1, 0.15) is 5.82 Å². The Bertz CT molecular complexity index is 1170. The van der Waals surface area contributed by atoms with Gasteiger partial charge in [-0.25, -0.2) is 4.98 Å². The zero-order valence-corrected chi connectivity index (χ0v) is 20.8. The molecule has 2 aromatic rings. The lowest BCUT2D eigenvalue weighted by Crippen LogP contribution is -2.32. The van der Waals surface area contributed by atoms with Crippen molar-refractivity contribution in [2.24, 2.45) is 5.41 Å². The van der Waals surface area contributed by atoms with Gasteiger partial charge in [-0.2, -0.15) is 18.4 Å². The first-order valence-electron chi connectivity index (χ1n) is 11.7. The molecule has 1 amide bonds. The zero-order chi connectivity index (χ0) is 26.0. The molecule has 0 bridgehead atoms. The molecule has 0 aliphatic carbocycles. The van der Waals surface area contributed by atoms with E-state index in [0.717, 1.165) is 19.3 Å². The molecule has 1 saturated heterocycles. The number of alkyl halides is 3. The first-order chi connectivity index (χ1) is 16.4. The third-order valence-corrected chi connectivity index (χ3v) is 6.61. The van der Waals surface area contributed by atoms with E-state index in [0.29, 0.717) is 24.4 Å². The lowest BCUT2D eigenvalue weighted by molar-refractivity contribution is -0.140. The van der Waals surface area contributed by atoms with E-state index in [9.17, 15) is 18.0 Å². The van der Waals surface area contributed by atoms with Crippen LogP contribution in [0.2, 0.25) is 0 Å². The number of aromatic nitrogens is 1. The van der Waals surface area contributed by atoms with E-state index in [4.69, 9.17) is 5.26 Å². The Morgan fingerprint density at radius 2 is 1.86 bits per heavy atom. The third kappa shape index (κ3) is 5.84. The highest BCUT2D eigenvalue weighted by Crippen LogP contribution is 2.42.